The van der Waals surface area contributed by atoms with E-state index in [2.05, 4.69) is 20.9 Å². The maximum Gasteiger partial charge on any atom is 0.125 e. The van der Waals surface area contributed by atoms with Crippen molar-refractivity contribution in [2.24, 2.45) is 0 Å². The summed E-state index contributed by atoms with van der Waals surface area (Å²) >= 11 is 3.23. The maximum absolute atomic E-state index is 12.9. The Labute approximate surface area is 82.7 Å². The van der Waals surface area contributed by atoms with Crippen molar-refractivity contribution in [1.82, 2.24) is 4.98 Å². The lowest BCUT2D eigenvalue weighted by Gasteiger charge is -2.00. The summed E-state index contributed by atoms with van der Waals surface area (Å²) in [6.45, 7) is 0. The topological polar surface area (TPSA) is 38.9 Å². The van der Waals surface area contributed by atoms with Crippen molar-refractivity contribution in [3.63, 3.8) is 0 Å². The van der Waals surface area contributed by atoms with E-state index in [1.165, 1.54) is 12.1 Å². The molecule has 66 valence electrons. The minimum Gasteiger partial charge on any atom is -0.397 e. The number of hydrogen-bond donors (Lipinski definition) is 1. The fourth-order valence-electron chi connectivity index (χ4n) is 1.19. The normalized spacial score (nSPS) is 10.6. The molecule has 0 unspecified atom stereocenters. The zero-order valence-corrected chi connectivity index (χ0v) is 8.18. The van der Waals surface area contributed by atoms with E-state index in [0.717, 1.165) is 5.52 Å². The molecule has 0 fully saturated rings. The highest BCUT2D eigenvalue weighted by molar-refractivity contribution is 9.10. The molecule has 2 N–H and O–H groups in total. The Hall–Kier alpha value is -1.16. The molecular weight excluding hydrogens is 235 g/mol. The van der Waals surface area contributed by atoms with Crippen LogP contribution in [0.15, 0.2) is 28.9 Å². The molecule has 0 radical (unpaired) electrons. The second-order valence-electron chi connectivity index (χ2n) is 2.73. The molecule has 0 saturated heterocycles. The second-order valence-corrected chi connectivity index (χ2v) is 3.58. The largest absolute Gasteiger partial charge is 0.397 e. The van der Waals surface area contributed by atoms with Gasteiger partial charge in [-0.1, -0.05) is 0 Å². The van der Waals surface area contributed by atoms with Gasteiger partial charge in [-0.15, -0.1) is 0 Å². The predicted octanol–water partition coefficient (Wildman–Crippen LogP) is 2.72. The lowest BCUT2D eigenvalue weighted by atomic mass is 10.2. The van der Waals surface area contributed by atoms with Gasteiger partial charge < -0.3 is 5.73 Å². The lowest BCUT2D eigenvalue weighted by molar-refractivity contribution is 0.629. The van der Waals surface area contributed by atoms with E-state index < -0.39 is 0 Å². The summed E-state index contributed by atoms with van der Waals surface area (Å²) in [5, 5.41) is 0.701. The highest BCUT2D eigenvalue weighted by Crippen LogP contribution is 2.24. The number of anilines is 1. The fraction of sp³-hybridized carbons (Fsp3) is 0. The lowest BCUT2D eigenvalue weighted by Crippen LogP contribution is -1.88. The van der Waals surface area contributed by atoms with Crippen molar-refractivity contribution in [3.05, 3.63) is 34.7 Å². The molecule has 2 aromatic rings. The van der Waals surface area contributed by atoms with Crippen molar-refractivity contribution >= 4 is 32.5 Å². The first kappa shape index (κ1) is 8.44. The van der Waals surface area contributed by atoms with Crippen molar-refractivity contribution < 1.29 is 4.39 Å². The van der Waals surface area contributed by atoms with Gasteiger partial charge in [-0.3, -0.25) is 4.98 Å². The van der Waals surface area contributed by atoms with E-state index in [1.807, 2.05) is 0 Å². The summed E-state index contributed by atoms with van der Waals surface area (Å²) in [4.78, 5) is 4.08. The Kier molecular flexibility index (Phi) is 1.92. The number of fused-ring (bicyclic) bond motifs is 1. The number of hydrogen-bond acceptors (Lipinski definition) is 2. The first-order valence-electron chi connectivity index (χ1n) is 3.67. The smallest absolute Gasteiger partial charge is 0.125 e. The molecule has 1 aromatic carbocycles. The third-order valence-electron chi connectivity index (χ3n) is 1.72. The number of halogens is 2. The summed E-state index contributed by atoms with van der Waals surface area (Å²) in [6, 6.07) is 4.48. The minimum absolute atomic E-state index is 0.299. The van der Waals surface area contributed by atoms with Crippen molar-refractivity contribution in [1.29, 1.82) is 0 Å². The Morgan fingerprint density at radius 2 is 2.08 bits per heavy atom. The molecule has 0 bridgehead atoms. The first-order valence-corrected chi connectivity index (χ1v) is 4.46. The molecule has 0 aliphatic carbocycles. The van der Waals surface area contributed by atoms with Crippen molar-refractivity contribution in [3.8, 4) is 0 Å². The SMILES string of the molecule is Nc1cnc2c(Br)cc(F)cc2c1. The molecule has 0 amide bonds. The zero-order valence-electron chi connectivity index (χ0n) is 6.59. The average molecular weight is 241 g/mol. The molecule has 13 heavy (non-hydrogen) atoms. The van der Waals surface area contributed by atoms with E-state index in [4.69, 9.17) is 5.73 Å². The number of rotatable bonds is 0. The van der Waals surface area contributed by atoms with Gasteiger partial charge in [0.25, 0.3) is 0 Å². The molecule has 2 nitrogen and oxygen atoms in total. The van der Waals surface area contributed by atoms with Crippen LogP contribution in [-0.4, -0.2) is 4.98 Å². The maximum atomic E-state index is 12.9. The van der Waals surface area contributed by atoms with Crippen LogP contribution in [0.5, 0.6) is 0 Å². The van der Waals surface area contributed by atoms with Crippen LogP contribution in [0.2, 0.25) is 0 Å². The van der Waals surface area contributed by atoms with Gasteiger partial charge in [0.2, 0.25) is 0 Å². The van der Waals surface area contributed by atoms with Crippen molar-refractivity contribution in [2.45, 2.75) is 0 Å². The third kappa shape index (κ3) is 1.49. The van der Waals surface area contributed by atoms with E-state index in [1.54, 1.807) is 12.3 Å². The molecule has 4 heteroatoms. The highest BCUT2D eigenvalue weighted by atomic mass is 79.9. The zero-order chi connectivity index (χ0) is 9.42. The Bertz CT molecular complexity index is 465. The van der Waals surface area contributed by atoms with Gasteiger partial charge in [-0.2, -0.15) is 0 Å². The van der Waals surface area contributed by atoms with Crippen molar-refractivity contribution in [2.75, 3.05) is 5.73 Å². The molecule has 2 rings (SSSR count). The monoisotopic (exact) mass is 240 g/mol. The minimum atomic E-state index is -0.299. The van der Waals surface area contributed by atoms with Gasteiger partial charge in [0.15, 0.2) is 0 Å². The molecule has 0 aliphatic rings. The molecule has 0 aliphatic heterocycles. The van der Waals surface area contributed by atoms with Crippen LogP contribution in [0.1, 0.15) is 0 Å². The Morgan fingerprint density at radius 1 is 1.31 bits per heavy atom. The van der Waals surface area contributed by atoms with Gasteiger partial charge in [-0.25, -0.2) is 4.39 Å². The van der Waals surface area contributed by atoms with E-state index >= 15 is 0 Å². The molecule has 0 saturated carbocycles. The molecule has 0 spiro atoms. The van der Waals surface area contributed by atoms with Crippen LogP contribution in [0, 0.1) is 5.82 Å². The van der Waals surface area contributed by atoms with Crippen LogP contribution in [0.25, 0.3) is 10.9 Å². The van der Waals surface area contributed by atoms with Crippen LogP contribution in [0.4, 0.5) is 10.1 Å². The molecule has 0 atom stereocenters. The van der Waals surface area contributed by atoms with Gasteiger partial charge >= 0.3 is 0 Å². The summed E-state index contributed by atoms with van der Waals surface area (Å²) in [7, 11) is 0. The Morgan fingerprint density at radius 3 is 2.85 bits per heavy atom. The van der Waals surface area contributed by atoms with Gasteiger partial charge in [0, 0.05) is 9.86 Å². The first-order chi connectivity index (χ1) is 6.16. The molecule has 1 aromatic heterocycles. The summed E-state index contributed by atoms with van der Waals surface area (Å²) < 4.78 is 13.6. The second kappa shape index (κ2) is 2.96. The van der Waals surface area contributed by atoms with Gasteiger partial charge in [0.05, 0.1) is 17.4 Å². The van der Waals surface area contributed by atoms with Crippen LogP contribution >= 0.6 is 15.9 Å². The number of aromatic nitrogens is 1. The Balaban J connectivity index is 2.86. The van der Waals surface area contributed by atoms with E-state index in [0.29, 0.717) is 15.5 Å². The molecular formula is C9H6BrFN2. The standard InChI is InChI=1S/C9H6BrFN2/c10-8-3-6(11)1-5-2-7(12)4-13-9(5)8/h1-4H,12H2. The van der Waals surface area contributed by atoms with Gasteiger partial charge in [0.1, 0.15) is 5.82 Å². The number of nitrogen functional groups attached to an aromatic ring is 1. The van der Waals surface area contributed by atoms with Crippen LogP contribution in [0.3, 0.4) is 0 Å². The number of nitrogens with two attached hydrogens (primary N) is 1. The summed E-state index contributed by atoms with van der Waals surface area (Å²) in [6.07, 6.45) is 1.55. The predicted molar refractivity (Wildman–Crippen MR) is 53.8 cm³/mol. The van der Waals surface area contributed by atoms with Crippen LogP contribution < -0.4 is 5.73 Å². The average Bonchev–Trinajstić information content (AvgIpc) is 2.02. The number of benzene rings is 1. The third-order valence-corrected chi connectivity index (χ3v) is 2.33. The van der Waals surface area contributed by atoms with Crippen LogP contribution in [-0.2, 0) is 0 Å². The molecule has 1 heterocycles. The van der Waals surface area contributed by atoms with E-state index in [-0.39, 0.29) is 5.82 Å². The summed E-state index contributed by atoms with van der Waals surface area (Å²) in [5.41, 5.74) is 6.77. The fourth-order valence-corrected chi connectivity index (χ4v) is 1.74. The number of nitrogens with zero attached hydrogens (tertiary/aromatic N) is 1. The number of pyridine rings is 1. The summed E-state index contributed by atoms with van der Waals surface area (Å²) in [5.74, 6) is -0.299. The van der Waals surface area contributed by atoms with Gasteiger partial charge in [-0.05, 0) is 34.1 Å². The highest BCUT2D eigenvalue weighted by Gasteiger charge is 2.02. The van der Waals surface area contributed by atoms with E-state index in [9.17, 15) is 4.39 Å². The quantitative estimate of drug-likeness (QED) is 0.770.